The minimum Gasteiger partial charge on any atom is -0.497 e. The first-order chi connectivity index (χ1) is 9.67. The van der Waals surface area contributed by atoms with Crippen LogP contribution in [-0.4, -0.2) is 48.9 Å². The van der Waals surface area contributed by atoms with Gasteiger partial charge in [0.05, 0.1) is 19.8 Å². The van der Waals surface area contributed by atoms with E-state index in [0.29, 0.717) is 13.1 Å². The molecule has 0 aliphatic carbocycles. The van der Waals surface area contributed by atoms with Crippen LogP contribution in [0.25, 0.3) is 0 Å². The van der Waals surface area contributed by atoms with Crippen LogP contribution in [0.3, 0.4) is 0 Å². The van der Waals surface area contributed by atoms with Gasteiger partial charge in [0.15, 0.2) is 0 Å². The fourth-order valence-electron chi connectivity index (χ4n) is 2.48. The Morgan fingerprint density at radius 3 is 3.05 bits per heavy atom. The van der Waals surface area contributed by atoms with Crippen LogP contribution in [0.1, 0.15) is 18.4 Å². The van der Waals surface area contributed by atoms with Crippen molar-refractivity contribution in [3.8, 4) is 5.75 Å². The highest BCUT2D eigenvalue weighted by atomic mass is 16.5. The van der Waals surface area contributed by atoms with Gasteiger partial charge in [-0.1, -0.05) is 12.1 Å². The summed E-state index contributed by atoms with van der Waals surface area (Å²) in [5.74, 6) is -0.0271. The van der Waals surface area contributed by atoms with Gasteiger partial charge >= 0.3 is 5.97 Å². The van der Waals surface area contributed by atoms with E-state index in [9.17, 15) is 4.79 Å². The minimum atomic E-state index is -0.814. The highest BCUT2D eigenvalue weighted by Gasteiger charge is 2.20. The zero-order valence-electron chi connectivity index (χ0n) is 11.7. The van der Waals surface area contributed by atoms with E-state index in [-0.39, 0.29) is 12.6 Å². The second kappa shape index (κ2) is 7.26. The lowest BCUT2D eigenvalue weighted by molar-refractivity contribution is -0.138. The Morgan fingerprint density at radius 1 is 1.55 bits per heavy atom. The van der Waals surface area contributed by atoms with Crippen molar-refractivity contribution in [2.45, 2.75) is 25.5 Å². The van der Waals surface area contributed by atoms with Crippen LogP contribution in [0.4, 0.5) is 0 Å². The van der Waals surface area contributed by atoms with Crippen molar-refractivity contribution >= 4 is 5.97 Å². The standard InChI is InChI=1S/C15H21NO4/c1-19-13-5-2-4-12(8-13)9-16(11-15(17)18)10-14-6-3-7-20-14/h2,4-5,8,14H,3,6-7,9-11H2,1H3,(H,17,18)/t14-/m1/s1. The molecule has 1 aliphatic rings. The van der Waals surface area contributed by atoms with Gasteiger partial charge in [0.1, 0.15) is 5.75 Å². The van der Waals surface area contributed by atoms with Crippen LogP contribution in [0.15, 0.2) is 24.3 Å². The summed E-state index contributed by atoms with van der Waals surface area (Å²) in [4.78, 5) is 12.9. The van der Waals surface area contributed by atoms with Crippen LogP contribution < -0.4 is 4.74 Å². The fourth-order valence-corrected chi connectivity index (χ4v) is 2.48. The summed E-state index contributed by atoms with van der Waals surface area (Å²) in [5, 5.41) is 9.03. The van der Waals surface area contributed by atoms with Gasteiger partial charge in [-0.3, -0.25) is 9.69 Å². The molecule has 1 heterocycles. The first-order valence-corrected chi connectivity index (χ1v) is 6.86. The van der Waals surface area contributed by atoms with E-state index in [1.807, 2.05) is 29.2 Å². The second-order valence-electron chi connectivity index (χ2n) is 5.05. The predicted octanol–water partition coefficient (Wildman–Crippen LogP) is 1.76. The molecule has 0 radical (unpaired) electrons. The summed E-state index contributed by atoms with van der Waals surface area (Å²) < 4.78 is 10.8. The largest absolute Gasteiger partial charge is 0.497 e. The first kappa shape index (κ1) is 14.8. The van der Waals surface area contributed by atoms with Gasteiger partial charge in [-0.25, -0.2) is 0 Å². The van der Waals surface area contributed by atoms with Crippen molar-refractivity contribution in [3.05, 3.63) is 29.8 Å². The van der Waals surface area contributed by atoms with Crippen molar-refractivity contribution in [2.24, 2.45) is 0 Å². The third-order valence-corrected chi connectivity index (χ3v) is 3.39. The molecule has 5 nitrogen and oxygen atoms in total. The Hall–Kier alpha value is -1.59. The Balaban J connectivity index is 1.99. The Labute approximate surface area is 119 Å². The maximum Gasteiger partial charge on any atom is 0.317 e. The SMILES string of the molecule is COc1cccc(CN(CC(=O)O)C[C@H]2CCCO2)c1. The van der Waals surface area contributed by atoms with Crippen molar-refractivity contribution < 1.29 is 19.4 Å². The lowest BCUT2D eigenvalue weighted by atomic mass is 10.1. The number of benzene rings is 1. The molecule has 1 aliphatic heterocycles. The maximum absolute atomic E-state index is 11.0. The molecule has 5 heteroatoms. The van der Waals surface area contributed by atoms with Crippen LogP contribution in [-0.2, 0) is 16.1 Å². The van der Waals surface area contributed by atoms with Crippen LogP contribution >= 0.6 is 0 Å². The second-order valence-corrected chi connectivity index (χ2v) is 5.05. The van der Waals surface area contributed by atoms with Crippen LogP contribution in [0.5, 0.6) is 5.75 Å². The number of nitrogens with zero attached hydrogens (tertiary/aromatic N) is 1. The minimum absolute atomic E-state index is 0.0249. The highest BCUT2D eigenvalue weighted by Crippen LogP contribution is 2.17. The lowest BCUT2D eigenvalue weighted by Crippen LogP contribution is -2.35. The van der Waals surface area contributed by atoms with Crippen LogP contribution in [0, 0.1) is 0 Å². The molecule has 1 aromatic carbocycles. The van der Waals surface area contributed by atoms with Crippen LogP contribution in [0.2, 0.25) is 0 Å². The molecule has 0 unspecified atom stereocenters. The number of aliphatic carboxylic acids is 1. The zero-order chi connectivity index (χ0) is 14.4. The number of hydrogen-bond acceptors (Lipinski definition) is 4. The number of carboxylic acid groups (broad SMARTS) is 1. The van der Waals surface area contributed by atoms with Gasteiger partial charge in [0.25, 0.3) is 0 Å². The normalized spacial score (nSPS) is 18.4. The average molecular weight is 279 g/mol. The molecule has 20 heavy (non-hydrogen) atoms. The molecular weight excluding hydrogens is 258 g/mol. The smallest absolute Gasteiger partial charge is 0.317 e. The first-order valence-electron chi connectivity index (χ1n) is 6.86. The number of methoxy groups -OCH3 is 1. The Kier molecular flexibility index (Phi) is 5.38. The van der Waals surface area contributed by atoms with Crippen molar-refractivity contribution in [3.63, 3.8) is 0 Å². The quantitative estimate of drug-likeness (QED) is 0.824. The molecule has 1 aromatic rings. The van der Waals surface area contributed by atoms with E-state index < -0.39 is 5.97 Å². The summed E-state index contributed by atoms with van der Waals surface area (Å²) in [6.07, 6.45) is 2.22. The number of rotatable bonds is 7. The highest BCUT2D eigenvalue weighted by molar-refractivity contribution is 5.69. The summed E-state index contributed by atoms with van der Waals surface area (Å²) >= 11 is 0. The van der Waals surface area contributed by atoms with Crippen molar-refractivity contribution in [2.75, 3.05) is 26.8 Å². The van der Waals surface area contributed by atoms with E-state index >= 15 is 0 Å². The fraction of sp³-hybridized carbons (Fsp3) is 0.533. The number of carboxylic acids is 1. The maximum atomic E-state index is 11.0. The average Bonchev–Trinajstić information content (AvgIpc) is 2.91. The van der Waals surface area contributed by atoms with Gasteiger partial charge in [-0.05, 0) is 30.5 Å². The summed E-state index contributed by atoms with van der Waals surface area (Å²) in [6, 6.07) is 7.71. The van der Waals surface area contributed by atoms with Crippen molar-refractivity contribution in [1.29, 1.82) is 0 Å². The van der Waals surface area contributed by atoms with E-state index in [1.165, 1.54) is 0 Å². The Morgan fingerprint density at radius 2 is 2.40 bits per heavy atom. The molecule has 110 valence electrons. The number of ether oxygens (including phenoxy) is 2. The van der Waals surface area contributed by atoms with E-state index in [4.69, 9.17) is 14.6 Å². The van der Waals surface area contributed by atoms with E-state index in [0.717, 1.165) is 30.8 Å². The zero-order valence-corrected chi connectivity index (χ0v) is 11.7. The van der Waals surface area contributed by atoms with Gasteiger partial charge in [-0.15, -0.1) is 0 Å². The molecule has 0 amide bonds. The third kappa shape index (κ3) is 4.51. The summed E-state index contributed by atoms with van der Waals surface area (Å²) in [6.45, 7) is 2.05. The monoisotopic (exact) mass is 279 g/mol. The molecule has 0 bridgehead atoms. The molecule has 1 atom stereocenters. The third-order valence-electron chi connectivity index (χ3n) is 3.39. The van der Waals surface area contributed by atoms with Gasteiger partial charge in [0.2, 0.25) is 0 Å². The van der Waals surface area contributed by atoms with E-state index in [1.54, 1.807) is 7.11 Å². The van der Waals surface area contributed by atoms with Gasteiger partial charge in [-0.2, -0.15) is 0 Å². The molecule has 1 fully saturated rings. The molecule has 2 rings (SSSR count). The molecule has 1 saturated heterocycles. The number of hydrogen-bond donors (Lipinski definition) is 1. The summed E-state index contributed by atoms with van der Waals surface area (Å²) in [7, 11) is 1.63. The molecule has 1 N–H and O–H groups in total. The summed E-state index contributed by atoms with van der Waals surface area (Å²) in [5.41, 5.74) is 1.04. The van der Waals surface area contributed by atoms with Crippen molar-refractivity contribution in [1.82, 2.24) is 4.90 Å². The predicted molar refractivity (Wildman–Crippen MR) is 74.9 cm³/mol. The number of carbonyl (C=O) groups is 1. The molecule has 0 spiro atoms. The topological polar surface area (TPSA) is 59.0 Å². The lowest BCUT2D eigenvalue weighted by Gasteiger charge is -2.23. The van der Waals surface area contributed by atoms with Gasteiger partial charge < -0.3 is 14.6 Å². The van der Waals surface area contributed by atoms with E-state index in [2.05, 4.69) is 0 Å². The molecule has 0 saturated carbocycles. The molecular formula is C15H21NO4. The molecule has 0 aromatic heterocycles. The Bertz CT molecular complexity index is 443. The van der Waals surface area contributed by atoms with Gasteiger partial charge in [0, 0.05) is 19.7 Å².